The van der Waals surface area contributed by atoms with Gasteiger partial charge in [0.25, 0.3) is 5.91 Å². The van der Waals surface area contributed by atoms with Crippen molar-refractivity contribution in [3.63, 3.8) is 0 Å². The molecule has 1 fully saturated rings. The van der Waals surface area contributed by atoms with Gasteiger partial charge in [-0.1, -0.05) is 37.3 Å². The summed E-state index contributed by atoms with van der Waals surface area (Å²) in [5.74, 6) is -0.248. The van der Waals surface area contributed by atoms with Crippen LogP contribution in [0.25, 0.3) is 0 Å². The molecule has 4 heteroatoms. The largest absolute Gasteiger partial charge is 0.325 e. The third-order valence-electron chi connectivity index (χ3n) is 3.23. The number of rotatable bonds is 3. The molecule has 1 heterocycles. The van der Waals surface area contributed by atoms with Gasteiger partial charge in [-0.2, -0.15) is 0 Å². The average molecular weight is 232 g/mol. The molecule has 0 aromatic heterocycles. The van der Waals surface area contributed by atoms with Crippen molar-refractivity contribution in [2.45, 2.75) is 25.8 Å². The van der Waals surface area contributed by atoms with E-state index in [1.54, 1.807) is 11.8 Å². The molecule has 0 aliphatic carbocycles. The van der Waals surface area contributed by atoms with E-state index in [2.05, 4.69) is 5.32 Å². The van der Waals surface area contributed by atoms with Gasteiger partial charge in [-0.25, -0.2) is 4.79 Å². The van der Waals surface area contributed by atoms with Crippen molar-refractivity contribution < 1.29 is 9.59 Å². The SMILES string of the molecule is CCCN1C(=O)NC(=O)C1(C)c1ccccc1. The zero-order valence-electron chi connectivity index (χ0n) is 10.1. The standard InChI is InChI=1S/C13H16N2O2/c1-3-9-15-12(17)14-11(16)13(15,2)10-7-5-4-6-8-10/h4-8H,3,9H2,1-2H3,(H,14,16,17). The lowest BCUT2D eigenvalue weighted by Gasteiger charge is -2.31. The Morgan fingerprint density at radius 3 is 2.47 bits per heavy atom. The van der Waals surface area contributed by atoms with Gasteiger partial charge in [0.15, 0.2) is 0 Å². The van der Waals surface area contributed by atoms with Gasteiger partial charge in [-0.15, -0.1) is 0 Å². The summed E-state index contributed by atoms with van der Waals surface area (Å²) in [5.41, 5.74) is -0.0363. The lowest BCUT2D eigenvalue weighted by molar-refractivity contribution is -0.126. The van der Waals surface area contributed by atoms with Gasteiger partial charge in [0.1, 0.15) is 5.54 Å². The topological polar surface area (TPSA) is 49.4 Å². The molecular weight excluding hydrogens is 216 g/mol. The van der Waals surface area contributed by atoms with Crippen LogP contribution in [-0.4, -0.2) is 23.4 Å². The molecule has 1 N–H and O–H groups in total. The van der Waals surface area contributed by atoms with E-state index >= 15 is 0 Å². The Kier molecular flexibility index (Phi) is 2.88. The third kappa shape index (κ3) is 1.69. The normalized spacial score (nSPS) is 24.0. The molecule has 0 saturated carbocycles. The fraction of sp³-hybridized carbons (Fsp3) is 0.385. The Morgan fingerprint density at radius 1 is 1.24 bits per heavy atom. The summed E-state index contributed by atoms with van der Waals surface area (Å²) in [7, 11) is 0. The van der Waals surface area contributed by atoms with E-state index < -0.39 is 5.54 Å². The number of nitrogens with zero attached hydrogens (tertiary/aromatic N) is 1. The second-order valence-corrected chi connectivity index (χ2v) is 4.35. The molecule has 1 atom stereocenters. The van der Waals surface area contributed by atoms with E-state index in [4.69, 9.17) is 0 Å². The van der Waals surface area contributed by atoms with Gasteiger partial charge in [0, 0.05) is 6.54 Å². The molecule has 1 aliphatic heterocycles. The maximum absolute atomic E-state index is 12.0. The van der Waals surface area contributed by atoms with Crippen LogP contribution in [0, 0.1) is 0 Å². The van der Waals surface area contributed by atoms with Crippen LogP contribution in [0.2, 0.25) is 0 Å². The van der Waals surface area contributed by atoms with E-state index in [0.29, 0.717) is 6.54 Å². The first-order valence-corrected chi connectivity index (χ1v) is 5.79. The number of carbonyl (C=O) groups is 2. The first kappa shape index (κ1) is 11.6. The van der Waals surface area contributed by atoms with E-state index in [-0.39, 0.29) is 11.9 Å². The number of amides is 3. The van der Waals surface area contributed by atoms with Crippen LogP contribution >= 0.6 is 0 Å². The molecule has 90 valence electrons. The molecule has 1 aromatic carbocycles. The van der Waals surface area contributed by atoms with Crippen molar-refractivity contribution in [3.05, 3.63) is 35.9 Å². The summed E-state index contributed by atoms with van der Waals surface area (Å²) in [4.78, 5) is 25.4. The summed E-state index contributed by atoms with van der Waals surface area (Å²) >= 11 is 0. The Balaban J connectivity index is 2.46. The number of benzene rings is 1. The highest BCUT2D eigenvalue weighted by Crippen LogP contribution is 2.32. The van der Waals surface area contributed by atoms with E-state index in [0.717, 1.165) is 12.0 Å². The molecule has 1 aromatic rings. The van der Waals surface area contributed by atoms with Crippen molar-refractivity contribution in [1.82, 2.24) is 10.2 Å². The van der Waals surface area contributed by atoms with Gasteiger partial charge in [-0.3, -0.25) is 10.1 Å². The molecule has 17 heavy (non-hydrogen) atoms. The van der Waals surface area contributed by atoms with E-state index in [9.17, 15) is 9.59 Å². The monoisotopic (exact) mass is 232 g/mol. The highest BCUT2D eigenvalue weighted by molar-refractivity contribution is 6.07. The predicted molar refractivity (Wildman–Crippen MR) is 64.3 cm³/mol. The summed E-state index contributed by atoms with van der Waals surface area (Å²) in [6, 6.07) is 9.10. The zero-order chi connectivity index (χ0) is 12.5. The Morgan fingerprint density at radius 2 is 1.88 bits per heavy atom. The summed E-state index contributed by atoms with van der Waals surface area (Å²) in [6.07, 6.45) is 0.823. The van der Waals surface area contributed by atoms with Gasteiger partial charge in [0.05, 0.1) is 0 Å². The van der Waals surface area contributed by atoms with Gasteiger partial charge < -0.3 is 4.90 Å². The van der Waals surface area contributed by atoms with Crippen LogP contribution in [0.3, 0.4) is 0 Å². The second-order valence-electron chi connectivity index (χ2n) is 4.35. The molecular formula is C13H16N2O2. The van der Waals surface area contributed by atoms with Crippen LogP contribution in [-0.2, 0) is 10.3 Å². The number of imide groups is 1. The van der Waals surface area contributed by atoms with Crippen molar-refractivity contribution >= 4 is 11.9 Å². The number of hydrogen-bond acceptors (Lipinski definition) is 2. The maximum atomic E-state index is 12.0. The quantitative estimate of drug-likeness (QED) is 0.809. The average Bonchev–Trinajstić information content (AvgIpc) is 2.55. The Hall–Kier alpha value is -1.84. The van der Waals surface area contributed by atoms with E-state index in [1.807, 2.05) is 37.3 Å². The van der Waals surface area contributed by atoms with Crippen LogP contribution in [0.15, 0.2) is 30.3 Å². The molecule has 1 aliphatic rings. The smallest absolute Gasteiger partial charge is 0.306 e. The molecule has 2 rings (SSSR count). The molecule has 3 amide bonds. The maximum Gasteiger partial charge on any atom is 0.325 e. The molecule has 4 nitrogen and oxygen atoms in total. The second kappa shape index (κ2) is 4.20. The summed E-state index contributed by atoms with van der Waals surface area (Å²) in [5, 5.41) is 2.39. The summed E-state index contributed by atoms with van der Waals surface area (Å²) < 4.78 is 0. The van der Waals surface area contributed by atoms with Crippen molar-refractivity contribution in [1.29, 1.82) is 0 Å². The van der Waals surface area contributed by atoms with Gasteiger partial charge in [-0.05, 0) is 18.9 Å². The fourth-order valence-corrected chi connectivity index (χ4v) is 2.21. The minimum Gasteiger partial charge on any atom is -0.306 e. The predicted octanol–water partition coefficient (Wildman–Crippen LogP) is 1.86. The Bertz CT molecular complexity index is 444. The summed E-state index contributed by atoms with van der Waals surface area (Å²) in [6.45, 7) is 4.35. The number of urea groups is 1. The number of hydrogen-bond donors (Lipinski definition) is 1. The lowest BCUT2D eigenvalue weighted by atomic mass is 9.90. The van der Waals surface area contributed by atoms with Gasteiger partial charge in [0.2, 0.25) is 0 Å². The van der Waals surface area contributed by atoms with Crippen LogP contribution in [0.5, 0.6) is 0 Å². The van der Waals surface area contributed by atoms with Crippen LogP contribution in [0.1, 0.15) is 25.8 Å². The van der Waals surface area contributed by atoms with Gasteiger partial charge >= 0.3 is 6.03 Å². The minimum absolute atomic E-state index is 0.248. The highest BCUT2D eigenvalue weighted by Gasteiger charge is 2.49. The van der Waals surface area contributed by atoms with E-state index in [1.165, 1.54) is 0 Å². The fourth-order valence-electron chi connectivity index (χ4n) is 2.21. The van der Waals surface area contributed by atoms with Crippen molar-refractivity contribution in [2.24, 2.45) is 0 Å². The van der Waals surface area contributed by atoms with Crippen molar-refractivity contribution in [2.75, 3.05) is 6.54 Å². The lowest BCUT2D eigenvalue weighted by Crippen LogP contribution is -2.44. The zero-order valence-corrected chi connectivity index (χ0v) is 10.1. The highest BCUT2D eigenvalue weighted by atomic mass is 16.2. The van der Waals surface area contributed by atoms with Crippen LogP contribution in [0.4, 0.5) is 4.79 Å². The molecule has 1 saturated heterocycles. The minimum atomic E-state index is -0.881. The number of nitrogens with one attached hydrogen (secondary N) is 1. The van der Waals surface area contributed by atoms with Crippen LogP contribution < -0.4 is 5.32 Å². The number of carbonyl (C=O) groups excluding carboxylic acids is 2. The first-order chi connectivity index (χ1) is 8.10. The van der Waals surface area contributed by atoms with Crippen molar-refractivity contribution in [3.8, 4) is 0 Å². The third-order valence-corrected chi connectivity index (χ3v) is 3.23. The molecule has 0 spiro atoms. The first-order valence-electron chi connectivity index (χ1n) is 5.79. The molecule has 1 unspecified atom stereocenters. The Labute approximate surface area is 101 Å². The molecule has 0 radical (unpaired) electrons. The molecule has 0 bridgehead atoms.